The standard InChI is InChI=1S/C21H24N4O3/c1-14-5-6-15(11-22-14)20-25-24-19(28-20)12-23-18(26)13-27-17-9-7-16(8-10-17)21(2,3)4/h5-11H,12-13H2,1-4H3,(H,23,26). The molecule has 0 atom stereocenters. The summed E-state index contributed by atoms with van der Waals surface area (Å²) in [5.74, 6) is 1.07. The third-order valence-electron chi connectivity index (χ3n) is 4.15. The highest BCUT2D eigenvalue weighted by molar-refractivity contribution is 5.77. The number of nitrogens with one attached hydrogen (secondary N) is 1. The molecule has 0 radical (unpaired) electrons. The first-order valence-electron chi connectivity index (χ1n) is 9.07. The maximum absolute atomic E-state index is 12.0. The molecule has 2 heterocycles. The molecule has 2 aromatic heterocycles. The third-order valence-corrected chi connectivity index (χ3v) is 4.15. The summed E-state index contributed by atoms with van der Waals surface area (Å²) in [6, 6.07) is 11.5. The van der Waals surface area contributed by atoms with Crippen molar-refractivity contribution in [1.82, 2.24) is 20.5 Å². The van der Waals surface area contributed by atoms with Gasteiger partial charge in [-0.1, -0.05) is 32.9 Å². The van der Waals surface area contributed by atoms with Crippen LogP contribution in [0.5, 0.6) is 5.75 Å². The highest BCUT2D eigenvalue weighted by atomic mass is 16.5. The molecule has 0 spiro atoms. The van der Waals surface area contributed by atoms with Crippen LogP contribution in [0.15, 0.2) is 47.0 Å². The zero-order valence-electron chi connectivity index (χ0n) is 16.5. The minimum Gasteiger partial charge on any atom is -0.484 e. The summed E-state index contributed by atoms with van der Waals surface area (Å²) in [4.78, 5) is 16.2. The van der Waals surface area contributed by atoms with E-state index in [2.05, 4.69) is 41.3 Å². The summed E-state index contributed by atoms with van der Waals surface area (Å²) < 4.78 is 11.1. The zero-order valence-corrected chi connectivity index (χ0v) is 16.5. The van der Waals surface area contributed by atoms with Crippen LogP contribution in [0.3, 0.4) is 0 Å². The summed E-state index contributed by atoms with van der Waals surface area (Å²) in [6.45, 7) is 8.40. The van der Waals surface area contributed by atoms with Crippen LogP contribution in [0.1, 0.15) is 37.9 Å². The average Bonchev–Trinajstić information content (AvgIpc) is 3.14. The Bertz CT molecular complexity index is 926. The number of aryl methyl sites for hydroxylation is 1. The molecular formula is C21H24N4O3. The summed E-state index contributed by atoms with van der Waals surface area (Å²) in [5, 5.41) is 10.6. The zero-order chi connectivity index (χ0) is 20.1. The van der Waals surface area contributed by atoms with Crippen LogP contribution >= 0.6 is 0 Å². The molecule has 7 nitrogen and oxygen atoms in total. The monoisotopic (exact) mass is 380 g/mol. The fraction of sp³-hybridized carbons (Fsp3) is 0.333. The third kappa shape index (κ3) is 5.16. The van der Waals surface area contributed by atoms with Gasteiger partial charge in [-0.2, -0.15) is 0 Å². The minimum atomic E-state index is -0.267. The number of aromatic nitrogens is 3. The fourth-order valence-corrected chi connectivity index (χ4v) is 2.46. The molecule has 146 valence electrons. The van der Waals surface area contributed by atoms with Gasteiger partial charge in [-0.15, -0.1) is 10.2 Å². The Labute approximate surface area is 164 Å². The molecule has 3 aromatic rings. The number of hydrogen-bond acceptors (Lipinski definition) is 6. The van der Waals surface area contributed by atoms with Crippen molar-refractivity contribution in [3.05, 3.63) is 59.7 Å². The van der Waals surface area contributed by atoms with E-state index in [4.69, 9.17) is 9.15 Å². The Morgan fingerprint density at radius 3 is 2.50 bits per heavy atom. The summed E-state index contributed by atoms with van der Waals surface area (Å²) in [5.41, 5.74) is 2.93. The van der Waals surface area contributed by atoms with Crippen molar-refractivity contribution in [2.24, 2.45) is 0 Å². The van der Waals surface area contributed by atoms with Crippen molar-refractivity contribution in [2.45, 2.75) is 39.7 Å². The normalized spacial score (nSPS) is 11.3. The summed E-state index contributed by atoms with van der Waals surface area (Å²) in [7, 11) is 0. The maximum atomic E-state index is 12.0. The first-order chi connectivity index (χ1) is 13.3. The molecule has 0 bridgehead atoms. The van der Waals surface area contributed by atoms with E-state index < -0.39 is 0 Å². The van der Waals surface area contributed by atoms with E-state index in [1.165, 1.54) is 5.56 Å². The summed E-state index contributed by atoms with van der Waals surface area (Å²) in [6.07, 6.45) is 1.67. The van der Waals surface area contributed by atoms with Gasteiger partial charge in [0, 0.05) is 11.9 Å². The van der Waals surface area contributed by atoms with Gasteiger partial charge >= 0.3 is 0 Å². The van der Waals surface area contributed by atoms with Gasteiger partial charge < -0.3 is 14.5 Å². The van der Waals surface area contributed by atoms with E-state index in [9.17, 15) is 4.79 Å². The number of nitrogens with zero attached hydrogens (tertiary/aromatic N) is 3. The maximum Gasteiger partial charge on any atom is 0.258 e. The van der Waals surface area contributed by atoms with Gasteiger partial charge in [0.05, 0.1) is 12.1 Å². The number of benzene rings is 1. The van der Waals surface area contributed by atoms with Gasteiger partial charge in [0.1, 0.15) is 5.75 Å². The second-order valence-electron chi connectivity index (χ2n) is 7.53. The molecule has 7 heteroatoms. The predicted molar refractivity (Wildman–Crippen MR) is 105 cm³/mol. The molecule has 0 fully saturated rings. The van der Waals surface area contributed by atoms with Gasteiger partial charge in [-0.05, 0) is 42.2 Å². The van der Waals surface area contributed by atoms with E-state index in [1.807, 2.05) is 43.3 Å². The Kier molecular flexibility index (Phi) is 5.73. The van der Waals surface area contributed by atoms with Crippen LogP contribution in [0.2, 0.25) is 0 Å². The lowest BCUT2D eigenvalue weighted by atomic mass is 9.87. The first kappa shape index (κ1) is 19.5. The molecule has 0 aliphatic heterocycles. The molecule has 3 rings (SSSR count). The largest absolute Gasteiger partial charge is 0.484 e. The first-order valence-corrected chi connectivity index (χ1v) is 9.07. The van der Waals surface area contributed by atoms with E-state index in [1.54, 1.807) is 6.20 Å². The molecule has 0 saturated carbocycles. The molecule has 1 N–H and O–H groups in total. The Morgan fingerprint density at radius 2 is 1.86 bits per heavy atom. The van der Waals surface area contributed by atoms with Crippen LogP contribution in [0, 0.1) is 6.92 Å². The van der Waals surface area contributed by atoms with Crippen molar-refractivity contribution in [3.8, 4) is 17.2 Å². The number of carbonyl (C=O) groups is 1. The van der Waals surface area contributed by atoms with Gasteiger partial charge in [-0.3, -0.25) is 9.78 Å². The Hall–Kier alpha value is -3.22. The molecule has 28 heavy (non-hydrogen) atoms. The number of pyridine rings is 1. The van der Waals surface area contributed by atoms with E-state index in [0.29, 0.717) is 17.5 Å². The van der Waals surface area contributed by atoms with Gasteiger partial charge in [0.15, 0.2) is 6.61 Å². The quantitative estimate of drug-likeness (QED) is 0.705. The van der Waals surface area contributed by atoms with Crippen molar-refractivity contribution in [2.75, 3.05) is 6.61 Å². The van der Waals surface area contributed by atoms with Crippen LogP contribution in [-0.2, 0) is 16.8 Å². The molecule has 1 amide bonds. The van der Waals surface area contributed by atoms with Crippen LogP contribution in [0.25, 0.3) is 11.5 Å². The van der Waals surface area contributed by atoms with Crippen molar-refractivity contribution >= 4 is 5.91 Å². The number of amides is 1. The minimum absolute atomic E-state index is 0.0769. The lowest BCUT2D eigenvalue weighted by Crippen LogP contribution is -2.28. The van der Waals surface area contributed by atoms with Crippen LogP contribution < -0.4 is 10.1 Å². The Morgan fingerprint density at radius 1 is 1.11 bits per heavy atom. The highest BCUT2D eigenvalue weighted by Gasteiger charge is 2.14. The molecule has 0 aliphatic rings. The molecule has 0 unspecified atom stereocenters. The van der Waals surface area contributed by atoms with E-state index in [0.717, 1.165) is 11.3 Å². The molecule has 0 aliphatic carbocycles. The fourth-order valence-electron chi connectivity index (χ4n) is 2.46. The molecular weight excluding hydrogens is 356 g/mol. The molecule has 0 saturated heterocycles. The van der Waals surface area contributed by atoms with Gasteiger partial charge in [-0.25, -0.2) is 0 Å². The van der Waals surface area contributed by atoms with Gasteiger partial charge in [0.2, 0.25) is 11.8 Å². The van der Waals surface area contributed by atoms with Crippen LogP contribution in [-0.4, -0.2) is 27.7 Å². The van der Waals surface area contributed by atoms with Crippen molar-refractivity contribution < 1.29 is 13.9 Å². The number of ether oxygens (including phenoxy) is 1. The lowest BCUT2D eigenvalue weighted by molar-refractivity contribution is -0.123. The topological polar surface area (TPSA) is 90.1 Å². The molecule has 1 aromatic carbocycles. The second-order valence-corrected chi connectivity index (χ2v) is 7.53. The SMILES string of the molecule is Cc1ccc(-c2nnc(CNC(=O)COc3ccc(C(C)(C)C)cc3)o2)cn1. The number of hydrogen-bond donors (Lipinski definition) is 1. The van der Waals surface area contributed by atoms with Crippen molar-refractivity contribution in [3.63, 3.8) is 0 Å². The Balaban J connectivity index is 1.47. The van der Waals surface area contributed by atoms with E-state index >= 15 is 0 Å². The lowest BCUT2D eigenvalue weighted by Gasteiger charge is -2.19. The van der Waals surface area contributed by atoms with Crippen molar-refractivity contribution in [1.29, 1.82) is 0 Å². The average molecular weight is 380 g/mol. The second kappa shape index (κ2) is 8.21. The smallest absolute Gasteiger partial charge is 0.258 e. The number of rotatable bonds is 6. The van der Waals surface area contributed by atoms with Gasteiger partial charge in [0.25, 0.3) is 5.91 Å². The predicted octanol–water partition coefficient (Wildman–Crippen LogP) is 3.43. The van der Waals surface area contributed by atoms with E-state index in [-0.39, 0.29) is 24.5 Å². The van der Waals surface area contributed by atoms with Crippen LogP contribution in [0.4, 0.5) is 0 Å². The highest BCUT2D eigenvalue weighted by Crippen LogP contribution is 2.24. The summed E-state index contributed by atoms with van der Waals surface area (Å²) >= 11 is 0. The number of carbonyl (C=O) groups excluding carboxylic acids is 1.